The predicted octanol–water partition coefficient (Wildman–Crippen LogP) is 2.98. The lowest BCUT2D eigenvalue weighted by Gasteiger charge is -2.45. The van der Waals surface area contributed by atoms with Crippen LogP contribution in [0, 0.1) is 0 Å². The Kier molecular flexibility index (Phi) is 4.54. The second-order valence-electron chi connectivity index (χ2n) is 5.90. The van der Waals surface area contributed by atoms with Crippen LogP contribution in [0.3, 0.4) is 0 Å². The fraction of sp³-hybridized carbons (Fsp3) is 0.600. The van der Waals surface area contributed by atoms with E-state index >= 15 is 0 Å². The molecule has 1 aliphatic rings. The van der Waals surface area contributed by atoms with E-state index in [4.69, 9.17) is 4.74 Å². The molecule has 0 aliphatic carbocycles. The van der Waals surface area contributed by atoms with Gasteiger partial charge in [-0.15, -0.1) is 0 Å². The maximum absolute atomic E-state index is 5.31. The highest BCUT2D eigenvalue weighted by atomic mass is 79.9. The SMILES string of the molecule is COc1ccc(Br)c(CN2CCN(C)C(C)(C)C2)c1. The average Bonchev–Trinajstić information content (AvgIpc) is 2.36. The van der Waals surface area contributed by atoms with E-state index in [0.717, 1.165) is 36.4 Å². The maximum Gasteiger partial charge on any atom is 0.119 e. The van der Waals surface area contributed by atoms with Crippen LogP contribution in [0.1, 0.15) is 19.4 Å². The predicted molar refractivity (Wildman–Crippen MR) is 82.7 cm³/mol. The van der Waals surface area contributed by atoms with Crippen LogP contribution in [0.15, 0.2) is 22.7 Å². The van der Waals surface area contributed by atoms with Gasteiger partial charge < -0.3 is 4.74 Å². The Hall–Kier alpha value is -0.580. The van der Waals surface area contributed by atoms with Crippen LogP contribution in [-0.2, 0) is 6.54 Å². The second kappa shape index (κ2) is 5.81. The number of ether oxygens (including phenoxy) is 1. The first-order valence-corrected chi connectivity index (χ1v) is 7.48. The standard InChI is InChI=1S/C15H23BrN2O/c1-15(2)11-18(8-7-17(15)3)10-12-9-13(19-4)5-6-14(12)16/h5-6,9H,7-8,10-11H2,1-4H3. The van der Waals surface area contributed by atoms with Crippen molar-refractivity contribution in [2.75, 3.05) is 33.8 Å². The number of piperazine rings is 1. The van der Waals surface area contributed by atoms with Gasteiger partial charge in [-0.05, 0) is 44.7 Å². The molecule has 0 unspecified atom stereocenters. The number of hydrogen-bond donors (Lipinski definition) is 0. The van der Waals surface area contributed by atoms with Crippen molar-refractivity contribution in [3.8, 4) is 5.75 Å². The van der Waals surface area contributed by atoms with E-state index in [1.165, 1.54) is 5.56 Å². The first-order chi connectivity index (χ1) is 8.92. The third-order valence-electron chi connectivity index (χ3n) is 4.04. The van der Waals surface area contributed by atoms with Crippen molar-refractivity contribution < 1.29 is 4.74 Å². The fourth-order valence-electron chi connectivity index (χ4n) is 2.52. The Morgan fingerprint density at radius 3 is 2.68 bits per heavy atom. The molecule has 1 heterocycles. The first-order valence-electron chi connectivity index (χ1n) is 6.68. The van der Waals surface area contributed by atoms with Crippen molar-refractivity contribution >= 4 is 15.9 Å². The first kappa shape index (κ1) is 14.8. The van der Waals surface area contributed by atoms with Gasteiger partial charge in [-0.25, -0.2) is 0 Å². The Labute approximate surface area is 124 Å². The van der Waals surface area contributed by atoms with Gasteiger partial charge in [-0.2, -0.15) is 0 Å². The van der Waals surface area contributed by atoms with E-state index < -0.39 is 0 Å². The lowest BCUT2D eigenvalue weighted by molar-refractivity contribution is 0.0359. The van der Waals surface area contributed by atoms with Crippen molar-refractivity contribution in [3.63, 3.8) is 0 Å². The molecule has 0 spiro atoms. The minimum atomic E-state index is 0.240. The van der Waals surface area contributed by atoms with Gasteiger partial charge in [0.15, 0.2) is 0 Å². The zero-order valence-electron chi connectivity index (χ0n) is 12.2. The molecular weight excluding hydrogens is 304 g/mol. The average molecular weight is 327 g/mol. The molecule has 19 heavy (non-hydrogen) atoms. The zero-order valence-corrected chi connectivity index (χ0v) is 13.8. The van der Waals surface area contributed by atoms with Crippen LogP contribution in [0.25, 0.3) is 0 Å². The lowest BCUT2D eigenvalue weighted by atomic mass is 9.99. The van der Waals surface area contributed by atoms with E-state index in [0.29, 0.717) is 0 Å². The van der Waals surface area contributed by atoms with Gasteiger partial charge in [0.05, 0.1) is 7.11 Å². The Morgan fingerprint density at radius 1 is 1.32 bits per heavy atom. The Bertz CT molecular complexity index is 448. The van der Waals surface area contributed by atoms with Crippen LogP contribution < -0.4 is 4.74 Å². The smallest absolute Gasteiger partial charge is 0.119 e. The van der Waals surface area contributed by atoms with E-state index in [9.17, 15) is 0 Å². The lowest BCUT2D eigenvalue weighted by Crippen LogP contribution is -2.57. The highest BCUT2D eigenvalue weighted by Gasteiger charge is 2.30. The molecule has 1 aromatic carbocycles. The summed E-state index contributed by atoms with van der Waals surface area (Å²) in [6, 6.07) is 6.17. The summed E-state index contributed by atoms with van der Waals surface area (Å²) in [4.78, 5) is 4.95. The Morgan fingerprint density at radius 2 is 2.05 bits per heavy atom. The van der Waals surface area contributed by atoms with Crippen LogP contribution in [0.4, 0.5) is 0 Å². The highest BCUT2D eigenvalue weighted by Crippen LogP contribution is 2.26. The monoisotopic (exact) mass is 326 g/mol. The van der Waals surface area contributed by atoms with Gasteiger partial charge >= 0.3 is 0 Å². The molecule has 1 aromatic rings. The summed E-state index contributed by atoms with van der Waals surface area (Å²) in [6.45, 7) is 8.90. The molecule has 0 amide bonds. The van der Waals surface area contributed by atoms with Crippen LogP contribution in [0.5, 0.6) is 5.75 Å². The van der Waals surface area contributed by atoms with Gasteiger partial charge in [0.25, 0.3) is 0 Å². The normalized spacial score (nSPS) is 20.5. The molecule has 0 atom stereocenters. The number of benzene rings is 1. The van der Waals surface area contributed by atoms with E-state index in [2.05, 4.69) is 58.8 Å². The van der Waals surface area contributed by atoms with Crippen molar-refractivity contribution in [1.29, 1.82) is 0 Å². The topological polar surface area (TPSA) is 15.7 Å². The van der Waals surface area contributed by atoms with Crippen LogP contribution in [0.2, 0.25) is 0 Å². The molecule has 0 N–H and O–H groups in total. The summed E-state index contributed by atoms with van der Waals surface area (Å²) < 4.78 is 6.47. The Balaban J connectivity index is 2.09. The van der Waals surface area contributed by atoms with Crippen molar-refractivity contribution in [3.05, 3.63) is 28.2 Å². The van der Waals surface area contributed by atoms with Crippen molar-refractivity contribution in [1.82, 2.24) is 9.80 Å². The molecule has 1 saturated heterocycles. The molecule has 1 fully saturated rings. The molecule has 106 valence electrons. The van der Waals surface area contributed by atoms with Gasteiger partial charge in [0.1, 0.15) is 5.75 Å². The number of methoxy groups -OCH3 is 1. The summed E-state index contributed by atoms with van der Waals surface area (Å²) in [5.41, 5.74) is 1.53. The number of halogens is 1. The quantitative estimate of drug-likeness (QED) is 0.849. The minimum absolute atomic E-state index is 0.240. The molecule has 0 saturated carbocycles. The van der Waals surface area contributed by atoms with Gasteiger partial charge in [0, 0.05) is 36.2 Å². The number of likely N-dealkylation sites (N-methyl/N-ethyl adjacent to an activating group) is 1. The fourth-order valence-corrected chi connectivity index (χ4v) is 2.89. The summed E-state index contributed by atoms with van der Waals surface area (Å²) in [7, 11) is 3.92. The summed E-state index contributed by atoms with van der Waals surface area (Å²) >= 11 is 3.63. The summed E-state index contributed by atoms with van der Waals surface area (Å²) in [6.07, 6.45) is 0. The van der Waals surface area contributed by atoms with Gasteiger partial charge in [-0.3, -0.25) is 9.80 Å². The van der Waals surface area contributed by atoms with Crippen molar-refractivity contribution in [2.45, 2.75) is 25.9 Å². The van der Waals surface area contributed by atoms with Crippen molar-refractivity contribution in [2.24, 2.45) is 0 Å². The maximum atomic E-state index is 5.31. The largest absolute Gasteiger partial charge is 0.497 e. The second-order valence-corrected chi connectivity index (χ2v) is 6.76. The summed E-state index contributed by atoms with van der Waals surface area (Å²) in [5.74, 6) is 0.923. The zero-order chi connectivity index (χ0) is 14.0. The van der Waals surface area contributed by atoms with Gasteiger partial charge in [-0.1, -0.05) is 15.9 Å². The number of hydrogen-bond acceptors (Lipinski definition) is 3. The minimum Gasteiger partial charge on any atom is -0.497 e. The van der Waals surface area contributed by atoms with Crippen LogP contribution in [-0.4, -0.2) is 49.1 Å². The van der Waals surface area contributed by atoms with Gasteiger partial charge in [0.2, 0.25) is 0 Å². The molecule has 1 aliphatic heterocycles. The van der Waals surface area contributed by atoms with E-state index in [1.54, 1.807) is 7.11 Å². The van der Waals surface area contributed by atoms with E-state index in [-0.39, 0.29) is 5.54 Å². The molecule has 4 heteroatoms. The molecule has 0 radical (unpaired) electrons. The molecule has 0 aromatic heterocycles. The number of nitrogens with zero attached hydrogens (tertiary/aromatic N) is 2. The summed E-state index contributed by atoms with van der Waals surface area (Å²) in [5, 5.41) is 0. The third-order valence-corrected chi connectivity index (χ3v) is 4.82. The third kappa shape index (κ3) is 3.50. The van der Waals surface area contributed by atoms with Crippen LogP contribution >= 0.6 is 15.9 Å². The van der Waals surface area contributed by atoms with E-state index in [1.807, 2.05) is 6.07 Å². The number of rotatable bonds is 3. The molecular formula is C15H23BrN2O. The molecule has 3 nitrogen and oxygen atoms in total. The molecule has 2 rings (SSSR count). The highest BCUT2D eigenvalue weighted by molar-refractivity contribution is 9.10. The molecule has 0 bridgehead atoms.